The number of aromatic hydroxyl groups is 1. The smallest absolute Gasteiger partial charge is 0.209 e. The standard InChI is InChI=1S/C18H26N4O3S/c1-12(2)11-15(23)14-7-8-16(13(3)17(14)24)25-9-5-6-10-26-18-19-20-21-22(18)4/h7-8,12,24H,5-6,9-11H2,1-4H3. The summed E-state index contributed by atoms with van der Waals surface area (Å²) in [6, 6.07) is 3.42. The molecule has 0 atom stereocenters. The molecule has 0 saturated carbocycles. The number of aryl methyl sites for hydroxylation is 1. The summed E-state index contributed by atoms with van der Waals surface area (Å²) in [5.41, 5.74) is 0.983. The number of carbonyl (C=O) groups is 1. The third-order valence-corrected chi connectivity index (χ3v) is 4.98. The van der Waals surface area contributed by atoms with Crippen LogP contribution < -0.4 is 4.74 Å². The summed E-state index contributed by atoms with van der Waals surface area (Å²) in [6.07, 6.45) is 2.27. The van der Waals surface area contributed by atoms with Crippen LogP contribution in [0.2, 0.25) is 0 Å². The normalized spacial score (nSPS) is 11.1. The molecule has 7 nitrogen and oxygen atoms in total. The van der Waals surface area contributed by atoms with Gasteiger partial charge >= 0.3 is 0 Å². The van der Waals surface area contributed by atoms with Crippen LogP contribution in [0.3, 0.4) is 0 Å². The zero-order valence-corrected chi connectivity index (χ0v) is 16.5. The molecule has 2 rings (SSSR count). The summed E-state index contributed by atoms with van der Waals surface area (Å²) < 4.78 is 7.42. The molecule has 0 unspecified atom stereocenters. The van der Waals surface area contributed by atoms with Gasteiger partial charge in [-0.1, -0.05) is 25.6 Å². The van der Waals surface area contributed by atoms with Gasteiger partial charge < -0.3 is 9.84 Å². The molecule has 0 bridgehead atoms. The Morgan fingerprint density at radius 1 is 1.35 bits per heavy atom. The third kappa shape index (κ3) is 5.45. The molecular formula is C18H26N4O3S. The zero-order valence-electron chi connectivity index (χ0n) is 15.7. The SMILES string of the molecule is Cc1c(OCCCCSc2nnnn2C)ccc(C(=O)CC(C)C)c1O. The third-order valence-electron chi connectivity index (χ3n) is 3.88. The molecule has 0 aliphatic heterocycles. The van der Waals surface area contributed by atoms with Crippen molar-refractivity contribution in [3.8, 4) is 11.5 Å². The maximum Gasteiger partial charge on any atom is 0.209 e. The van der Waals surface area contributed by atoms with E-state index < -0.39 is 0 Å². The first-order valence-corrected chi connectivity index (χ1v) is 9.72. The topological polar surface area (TPSA) is 90.1 Å². The zero-order chi connectivity index (χ0) is 19.1. The van der Waals surface area contributed by atoms with E-state index in [2.05, 4.69) is 15.5 Å². The van der Waals surface area contributed by atoms with Crippen LogP contribution in [0.1, 0.15) is 49.0 Å². The number of phenolic OH excluding ortho intramolecular Hbond substituents is 1. The molecule has 0 amide bonds. The van der Waals surface area contributed by atoms with Crippen molar-refractivity contribution in [2.24, 2.45) is 13.0 Å². The molecule has 1 N–H and O–H groups in total. The Morgan fingerprint density at radius 2 is 2.12 bits per heavy atom. The van der Waals surface area contributed by atoms with E-state index in [4.69, 9.17) is 4.74 Å². The second-order valence-electron chi connectivity index (χ2n) is 6.60. The van der Waals surface area contributed by atoms with Gasteiger partial charge in [-0.2, -0.15) is 0 Å². The average molecular weight is 378 g/mol. The molecule has 0 fully saturated rings. The van der Waals surface area contributed by atoms with Crippen molar-refractivity contribution in [2.75, 3.05) is 12.4 Å². The van der Waals surface area contributed by atoms with Gasteiger partial charge in [-0.15, -0.1) is 5.10 Å². The van der Waals surface area contributed by atoms with E-state index in [0.29, 0.717) is 29.9 Å². The molecule has 2 aromatic rings. The van der Waals surface area contributed by atoms with Gasteiger partial charge in [0.05, 0.1) is 12.2 Å². The van der Waals surface area contributed by atoms with Gasteiger partial charge in [0.2, 0.25) is 5.16 Å². The lowest BCUT2D eigenvalue weighted by Crippen LogP contribution is -2.06. The highest BCUT2D eigenvalue weighted by Crippen LogP contribution is 2.32. The van der Waals surface area contributed by atoms with Crippen LogP contribution in [-0.2, 0) is 7.05 Å². The minimum absolute atomic E-state index is 0.0264. The molecule has 0 aliphatic carbocycles. The fourth-order valence-corrected chi connectivity index (χ4v) is 3.29. The summed E-state index contributed by atoms with van der Waals surface area (Å²) in [6.45, 7) is 6.29. The fourth-order valence-electron chi connectivity index (χ4n) is 2.44. The van der Waals surface area contributed by atoms with Crippen LogP contribution in [0.25, 0.3) is 0 Å². The highest BCUT2D eigenvalue weighted by Gasteiger charge is 2.17. The molecule has 1 heterocycles. The molecule has 0 radical (unpaired) electrons. The highest BCUT2D eigenvalue weighted by molar-refractivity contribution is 7.99. The molecule has 1 aromatic carbocycles. The van der Waals surface area contributed by atoms with Gasteiger partial charge in [-0.05, 0) is 48.2 Å². The first-order chi connectivity index (χ1) is 12.4. The minimum atomic E-state index is -0.0394. The quantitative estimate of drug-likeness (QED) is 0.385. The van der Waals surface area contributed by atoms with Crippen LogP contribution in [0, 0.1) is 12.8 Å². The molecule has 142 valence electrons. The Morgan fingerprint density at radius 3 is 2.77 bits per heavy atom. The lowest BCUT2D eigenvalue weighted by Gasteiger charge is -2.13. The Bertz CT molecular complexity index is 746. The van der Waals surface area contributed by atoms with Gasteiger partial charge in [-0.3, -0.25) is 4.79 Å². The van der Waals surface area contributed by atoms with Crippen molar-refractivity contribution < 1.29 is 14.6 Å². The number of hydrogen-bond acceptors (Lipinski definition) is 7. The van der Waals surface area contributed by atoms with Crippen LogP contribution in [-0.4, -0.2) is 43.5 Å². The van der Waals surface area contributed by atoms with Gasteiger partial charge in [-0.25, -0.2) is 4.68 Å². The fraction of sp³-hybridized carbons (Fsp3) is 0.556. The summed E-state index contributed by atoms with van der Waals surface area (Å²) in [5.74, 6) is 1.77. The van der Waals surface area contributed by atoms with Crippen molar-refractivity contribution in [2.45, 2.75) is 45.2 Å². The number of tetrazole rings is 1. The second-order valence-corrected chi connectivity index (χ2v) is 7.66. The van der Waals surface area contributed by atoms with E-state index in [1.165, 1.54) is 0 Å². The van der Waals surface area contributed by atoms with E-state index in [0.717, 1.165) is 23.8 Å². The number of nitrogens with zero attached hydrogens (tertiary/aromatic N) is 4. The largest absolute Gasteiger partial charge is 0.507 e. The molecular weight excluding hydrogens is 352 g/mol. The van der Waals surface area contributed by atoms with Gasteiger partial charge in [0.15, 0.2) is 5.78 Å². The lowest BCUT2D eigenvalue weighted by atomic mass is 9.98. The first kappa shape index (κ1) is 20.2. The number of ether oxygens (including phenoxy) is 1. The van der Waals surface area contributed by atoms with E-state index >= 15 is 0 Å². The Labute approximate surface area is 158 Å². The van der Waals surface area contributed by atoms with Crippen LogP contribution >= 0.6 is 11.8 Å². The van der Waals surface area contributed by atoms with Crippen LogP contribution in [0.5, 0.6) is 11.5 Å². The number of rotatable bonds is 10. The summed E-state index contributed by atoms with van der Waals surface area (Å²) in [5, 5.41) is 22.4. The number of unbranched alkanes of at least 4 members (excludes halogenated alkanes) is 1. The van der Waals surface area contributed by atoms with Crippen molar-refractivity contribution in [3.05, 3.63) is 23.3 Å². The number of thioether (sulfide) groups is 1. The van der Waals surface area contributed by atoms with Crippen molar-refractivity contribution in [1.29, 1.82) is 0 Å². The summed E-state index contributed by atoms with van der Waals surface area (Å²) >= 11 is 1.61. The Balaban J connectivity index is 1.79. The van der Waals surface area contributed by atoms with Crippen molar-refractivity contribution >= 4 is 17.5 Å². The number of Topliss-reactive ketones (excluding diaryl/α,β-unsaturated/α-hetero) is 1. The number of phenols is 1. The van der Waals surface area contributed by atoms with Crippen LogP contribution in [0.15, 0.2) is 17.3 Å². The molecule has 0 aliphatic rings. The predicted octanol–water partition coefficient (Wildman–Crippen LogP) is 3.40. The predicted molar refractivity (Wildman–Crippen MR) is 101 cm³/mol. The van der Waals surface area contributed by atoms with E-state index in [-0.39, 0.29) is 17.5 Å². The Kier molecular flexibility index (Phi) is 7.44. The van der Waals surface area contributed by atoms with E-state index in [1.807, 2.05) is 20.9 Å². The highest BCUT2D eigenvalue weighted by atomic mass is 32.2. The molecule has 8 heteroatoms. The number of aromatic nitrogens is 4. The second kappa shape index (κ2) is 9.56. The van der Waals surface area contributed by atoms with Gasteiger partial charge in [0.25, 0.3) is 0 Å². The van der Waals surface area contributed by atoms with Crippen molar-refractivity contribution in [3.63, 3.8) is 0 Å². The summed E-state index contributed by atoms with van der Waals surface area (Å²) in [7, 11) is 1.82. The minimum Gasteiger partial charge on any atom is -0.507 e. The first-order valence-electron chi connectivity index (χ1n) is 8.73. The molecule has 26 heavy (non-hydrogen) atoms. The van der Waals surface area contributed by atoms with E-state index in [1.54, 1.807) is 35.5 Å². The molecule has 0 saturated heterocycles. The molecule has 0 spiro atoms. The van der Waals surface area contributed by atoms with E-state index in [9.17, 15) is 9.90 Å². The number of ketones is 1. The maximum absolute atomic E-state index is 12.2. The summed E-state index contributed by atoms with van der Waals surface area (Å²) in [4.78, 5) is 12.2. The monoisotopic (exact) mass is 378 g/mol. The van der Waals surface area contributed by atoms with Crippen LogP contribution in [0.4, 0.5) is 0 Å². The average Bonchev–Trinajstić information content (AvgIpc) is 2.99. The number of carbonyl (C=O) groups excluding carboxylic acids is 1. The number of hydrogen-bond donors (Lipinski definition) is 1. The lowest BCUT2D eigenvalue weighted by molar-refractivity contribution is 0.0965. The van der Waals surface area contributed by atoms with Gasteiger partial charge in [0, 0.05) is 24.8 Å². The number of benzene rings is 1. The van der Waals surface area contributed by atoms with Crippen molar-refractivity contribution in [1.82, 2.24) is 20.2 Å². The molecule has 1 aromatic heterocycles. The maximum atomic E-state index is 12.2. The van der Waals surface area contributed by atoms with Gasteiger partial charge in [0.1, 0.15) is 11.5 Å². The Hall–Kier alpha value is -2.09.